The van der Waals surface area contributed by atoms with Crippen LogP contribution in [0, 0.1) is 17.2 Å². The van der Waals surface area contributed by atoms with E-state index in [9.17, 15) is 39.9 Å². The molecule has 0 aliphatic heterocycles. The molecule has 0 radical (unpaired) electrons. The van der Waals surface area contributed by atoms with E-state index in [1.54, 1.807) is 19.1 Å². The summed E-state index contributed by atoms with van der Waals surface area (Å²) < 4.78 is 5.00. The number of aromatic hydroxyl groups is 1. The minimum absolute atomic E-state index is 0.138. The van der Waals surface area contributed by atoms with Crippen LogP contribution in [0.25, 0.3) is 0 Å². The number of carbonyl (C=O) groups is 3. The van der Waals surface area contributed by atoms with Gasteiger partial charge < -0.3 is 41.7 Å². The lowest BCUT2D eigenvalue weighted by atomic mass is 9.55. The zero-order valence-corrected chi connectivity index (χ0v) is 24.1. The molecule has 1 amide bonds. The van der Waals surface area contributed by atoms with E-state index < -0.39 is 87.1 Å². The van der Waals surface area contributed by atoms with E-state index in [1.165, 1.54) is 19.0 Å². The number of nitrogens with one attached hydrogen (secondary N) is 1. The van der Waals surface area contributed by atoms with Crippen LogP contribution in [0.3, 0.4) is 0 Å². The van der Waals surface area contributed by atoms with Crippen LogP contribution in [0.4, 0.5) is 0 Å². The molecular formula is C29H38N4O9. The van der Waals surface area contributed by atoms with Gasteiger partial charge in [0.1, 0.15) is 22.8 Å². The average molecular weight is 587 g/mol. The van der Waals surface area contributed by atoms with Gasteiger partial charge in [0.25, 0.3) is 11.9 Å². The number of hydrogen-bond donors (Lipinski definition) is 8. The quantitative estimate of drug-likeness (QED) is 0.0953. The van der Waals surface area contributed by atoms with Crippen molar-refractivity contribution in [3.05, 3.63) is 51.5 Å². The maximum atomic E-state index is 14.1. The molecule has 228 valence electrons. The van der Waals surface area contributed by atoms with Gasteiger partial charge in [0.2, 0.25) is 5.78 Å². The molecule has 10 N–H and O–H groups in total. The highest BCUT2D eigenvalue weighted by molar-refractivity contribution is 6.25. The summed E-state index contributed by atoms with van der Waals surface area (Å²) in [6.07, 6.45) is -0.681. The van der Waals surface area contributed by atoms with E-state index in [-0.39, 0.29) is 17.9 Å². The Kier molecular flexibility index (Phi) is 7.68. The predicted octanol–water partition coefficient (Wildman–Crippen LogP) is 0.620. The Labute approximate surface area is 242 Å². The van der Waals surface area contributed by atoms with Crippen molar-refractivity contribution in [2.24, 2.45) is 23.3 Å². The number of phenols is 1. The minimum atomic E-state index is -2.97. The molecule has 13 heteroatoms. The second-order valence-electron chi connectivity index (χ2n) is 12.2. The lowest BCUT2D eigenvalue weighted by Gasteiger charge is -2.53. The molecule has 42 heavy (non-hydrogen) atoms. The fraction of sp³-hybridized carbons (Fsp3) is 0.517. The molecule has 3 aliphatic rings. The number of amidine groups is 1. The minimum Gasteiger partial charge on any atom is -0.510 e. The van der Waals surface area contributed by atoms with E-state index in [0.29, 0.717) is 24.0 Å². The van der Waals surface area contributed by atoms with Gasteiger partial charge in [0, 0.05) is 17.1 Å². The highest BCUT2D eigenvalue weighted by Crippen LogP contribution is 2.56. The van der Waals surface area contributed by atoms with Gasteiger partial charge in [-0.2, -0.15) is 0 Å². The fourth-order valence-electron chi connectivity index (χ4n) is 7.00. The second kappa shape index (κ2) is 10.4. The van der Waals surface area contributed by atoms with Crippen molar-refractivity contribution in [2.75, 3.05) is 20.7 Å². The van der Waals surface area contributed by atoms with E-state index in [2.05, 4.69) is 0 Å². The van der Waals surface area contributed by atoms with Crippen molar-refractivity contribution in [1.82, 2.24) is 4.90 Å². The molecule has 0 saturated heterocycles. The monoisotopic (exact) mass is 586 g/mol. The molecule has 3 aliphatic carbocycles. The van der Waals surface area contributed by atoms with Gasteiger partial charge in [-0.25, -0.2) is 0 Å². The van der Waals surface area contributed by atoms with Crippen LogP contribution in [0.2, 0.25) is 0 Å². The van der Waals surface area contributed by atoms with E-state index in [1.807, 2.05) is 13.8 Å². The van der Waals surface area contributed by atoms with Gasteiger partial charge in [-0.3, -0.25) is 24.7 Å². The Bertz CT molecular complexity index is 1450. The molecule has 1 aromatic rings. The molecule has 6 unspecified atom stereocenters. The van der Waals surface area contributed by atoms with Crippen LogP contribution in [0.15, 0.2) is 34.8 Å². The van der Waals surface area contributed by atoms with Crippen LogP contribution in [0.1, 0.15) is 61.0 Å². The molecule has 13 nitrogen and oxygen atoms in total. The van der Waals surface area contributed by atoms with Crippen LogP contribution in [-0.2, 0) is 19.7 Å². The summed E-state index contributed by atoms with van der Waals surface area (Å²) in [6, 6.07) is 1.62. The Morgan fingerprint density at radius 2 is 1.79 bits per heavy atom. The molecule has 0 heterocycles. The molecule has 4 rings (SSSR count). The van der Waals surface area contributed by atoms with Gasteiger partial charge in [0.15, 0.2) is 11.4 Å². The van der Waals surface area contributed by atoms with Crippen LogP contribution < -0.4 is 11.5 Å². The standard InChI is InChI=1S/C29H38N4O9/c1-11-12-7-8-13(28(2,3)9-6-10-42-27(31)32)20(34)15(12)21(35)16-14(11)22(36)18-19(33(4)5)23(37)17(26(30)40)25(39)29(18,41)24(16)38/h7-8,11,14,18-19,22,34,36-38,41H,6,9-10H2,1-5H3,(H2,30,40)(H3,31,32). The van der Waals surface area contributed by atoms with Gasteiger partial charge in [0.05, 0.1) is 30.2 Å². The van der Waals surface area contributed by atoms with Crippen LogP contribution in [0.5, 0.6) is 5.75 Å². The van der Waals surface area contributed by atoms with Crippen molar-refractivity contribution in [2.45, 2.75) is 62.7 Å². The first-order valence-electron chi connectivity index (χ1n) is 13.6. The van der Waals surface area contributed by atoms with Crippen LogP contribution >= 0.6 is 0 Å². The summed E-state index contributed by atoms with van der Waals surface area (Å²) in [5.74, 6) is -9.22. The van der Waals surface area contributed by atoms with Crippen molar-refractivity contribution < 1.29 is 44.7 Å². The number of ether oxygens (including phenoxy) is 1. The maximum absolute atomic E-state index is 14.1. The first-order chi connectivity index (χ1) is 19.4. The third-order valence-electron chi connectivity index (χ3n) is 9.06. The number of Topliss-reactive ketones (excluding diaryl/α,β-unsaturated/α-hetero) is 2. The number of nitrogens with zero attached hydrogens (tertiary/aromatic N) is 1. The van der Waals surface area contributed by atoms with Crippen molar-refractivity contribution in [1.29, 1.82) is 5.41 Å². The number of hydrogen-bond acceptors (Lipinski definition) is 11. The summed E-state index contributed by atoms with van der Waals surface area (Å²) in [5, 5.41) is 64.6. The normalized spacial score (nSPS) is 29.3. The Hall–Kier alpha value is -3.94. The SMILES string of the molecule is CC1c2ccc(C(C)(C)CCCOC(=N)N)c(O)c2C(=O)C2=C(O)C3(O)C(=O)C(C(N)=O)=C(O)C(N(C)C)C3C(O)C21. The number of benzene rings is 1. The Morgan fingerprint density at radius 1 is 1.17 bits per heavy atom. The summed E-state index contributed by atoms with van der Waals surface area (Å²) in [6.45, 7) is 5.56. The molecule has 6 atom stereocenters. The smallest absolute Gasteiger partial charge is 0.278 e. The number of carbonyl (C=O) groups excluding carboxylic acids is 3. The first kappa shape index (κ1) is 31.0. The summed E-state index contributed by atoms with van der Waals surface area (Å²) in [4.78, 5) is 41.1. The molecule has 0 saturated carbocycles. The number of aliphatic hydroxyl groups excluding tert-OH is 3. The Morgan fingerprint density at radius 3 is 2.33 bits per heavy atom. The zero-order chi connectivity index (χ0) is 31.6. The van der Waals surface area contributed by atoms with Gasteiger partial charge in [-0.15, -0.1) is 0 Å². The molecular weight excluding hydrogens is 548 g/mol. The number of primary amides is 1. The van der Waals surface area contributed by atoms with E-state index in [4.69, 9.17) is 21.6 Å². The lowest BCUT2D eigenvalue weighted by Crippen LogP contribution is -2.68. The summed E-state index contributed by atoms with van der Waals surface area (Å²) in [7, 11) is 2.97. The van der Waals surface area contributed by atoms with Crippen LogP contribution in [-0.4, -0.2) is 92.4 Å². The second-order valence-corrected chi connectivity index (χ2v) is 12.2. The maximum Gasteiger partial charge on any atom is 0.278 e. The molecule has 1 aromatic carbocycles. The van der Waals surface area contributed by atoms with E-state index >= 15 is 0 Å². The number of nitrogens with two attached hydrogens (primary N) is 2. The molecule has 0 fully saturated rings. The molecule has 0 bridgehead atoms. The number of aliphatic hydroxyl groups is 4. The largest absolute Gasteiger partial charge is 0.510 e. The first-order valence-corrected chi connectivity index (χ1v) is 13.6. The van der Waals surface area contributed by atoms with Crippen molar-refractivity contribution in [3.8, 4) is 5.75 Å². The predicted molar refractivity (Wildman–Crippen MR) is 150 cm³/mol. The number of phenolic OH excluding ortho intramolecular Hbond substituents is 1. The fourth-order valence-corrected chi connectivity index (χ4v) is 7.00. The highest BCUT2D eigenvalue weighted by Gasteiger charge is 2.67. The number of fused-ring (bicyclic) bond motifs is 3. The van der Waals surface area contributed by atoms with Crippen molar-refractivity contribution >= 4 is 23.5 Å². The van der Waals surface area contributed by atoms with Gasteiger partial charge in [-0.1, -0.05) is 32.9 Å². The number of rotatable bonds is 7. The lowest BCUT2D eigenvalue weighted by molar-refractivity contribution is -0.162. The van der Waals surface area contributed by atoms with Gasteiger partial charge in [-0.05, 0) is 43.8 Å². The third kappa shape index (κ3) is 4.34. The number of ketones is 2. The third-order valence-corrected chi connectivity index (χ3v) is 9.06. The van der Waals surface area contributed by atoms with Gasteiger partial charge >= 0.3 is 0 Å². The summed E-state index contributed by atoms with van der Waals surface area (Å²) >= 11 is 0. The average Bonchev–Trinajstić information content (AvgIpc) is 2.88. The van der Waals surface area contributed by atoms with E-state index in [0.717, 1.165) is 0 Å². The number of amides is 1. The highest BCUT2D eigenvalue weighted by atomic mass is 16.5. The molecule has 0 aromatic heterocycles. The topological polar surface area (TPSA) is 241 Å². The summed E-state index contributed by atoms with van der Waals surface area (Å²) in [5.41, 5.74) is 6.21. The van der Waals surface area contributed by atoms with Crippen molar-refractivity contribution in [3.63, 3.8) is 0 Å². The zero-order valence-electron chi connectivity index (χ0n) is 24.1. The molecule has 0 spiro atoms. The Balaban J connectivity index is 1.89. The number of likely N-dealkylation sites (N-methyl/N-ethyl adjacent to an activating group) is 1.